The van der Waals surface area contributed by atoms with Crippen molar-refractivity contribution < 1.29 is 0 Å². The Morgan fingerprint density at radius 2 is 1.29 bits per heavy atom. The fraction of sp³-hybridized carbons (Fsp3) is 0.571. The molecule has 0 unspecified atom stereocenters. The second kappa shape index (κ2) is 18.0. The summed E-state index contributed by atoms with van der Waals surface area (Å²) in [7, 11) is 13.1. The van der Waals surface area contributed by atoms with E-state index >= 15 is 0 Å². The van der Waals surface area contributed by atoms with Gasteiger partial charge in [0.1, 0.15) is 0 Å². The largest absolute Gasteiger partial charge is 0.0845 e. The molecule has 0 atom stereocenters. The van der Waals surface area contributed by atoms with Crippen LogP contribution in [0.5, 0.6) is 0 Å². The first-order valence-electron chi connectivity index (χ1n) is 7.10. The number of allylic oxidation sites excluding steroid dienone is 5. The van der Waals surface area contributed by atoms with E-state index in [1.54, 1.807) is 10.8 Å². The van der Waals surface area contributed by atoms with Gasteiger partial charge >= 0.3 is 0 Å². The maximum Gasteiger partial charge on any atom is 0.00454 e. The molecule has 0 nitrogen and oxygen atoms in total. The van der Waals surface area contributed by atoms with E-state index in [0.717, 1.165) is 0 Å². The van der Waals surface area contributed by atoms with E-state index in [1.165, 1.54) is 50.7 Å². The molecule has 7 heteroatoms. The van der Waals surface area contributed by atoms with E-state index in [9.17, 15) is 0 Å². The molecule has 0 spiro atoms. The molecular formula is C14H22S7. The second-order valence-electron chi connectivity index (χ2n) is 4.31. The lowest BCUT2D eigenvalue weighted by atomic mass is 10.1. The molecule has 0 bridgehead atoms. The van der Waals surface area contributed by atoms with Gasteiger partial charge in [-0.1, -0.05) is 77.7 Å². The van der Waals surface area contributed by atoms with Gasteiger partial charge in [0.05, 0.1) is 0 Å². The molecule has 1 aliphatic rings. The minimum atomic E-state index is 1.22. The van der Waals surface area contributed by atoms with Gasteiger partial charge in [0, 0.05) is 5.75 Å². The summed E-state index contributed by atoms with van der Waals surface area (Å²) in [4.78, 5) is 0. The topological polar surface area (TPSA) is 0 Å². The van der Waals surface area contributed by atoms with E-state index in [1.807, 2.05) is 59.9 Å². The summed E-state index contributed by atoms with van der Waals surface area (Å²) in [6, 6.07) is 0. The third-order valence-electron chi connectivity index (χ3n) is 2.65. The van der Waals surface area contributed by atoms with Gasteiger partial charge in [0.2, 0.25) is 0 Å². The average molecular weight is 415 g/mol. The first-order chi connectivity index (χ1) is 10.5. The standard InChI is InChI=1S/C14H22S7/c1-2-4-6-8-10-12-14-16-18-20-21-19-17-15-13-11-9-7-5-3-1/h3,5,7,9,11,13H,1-2,4,6,8,10,12,14H2/b5-3-,9-7+,13-11+. The smallest absolute Gasteiger partial charge is 0.00454 e. The average Bonchev–Trinajstić information content (AvgIpc) is 2.50. The van der Waals surface area contributed by atoms with Crippen LogP contribution in [-0.4, -0.2) is 5.75 Å². The highest BCUT2D eigenvalue weighted by atomic mass is 33.9. The second-order valence-corrected chi connectivity index (χ2v) is 15.5. The molecule has 0 amide bonds. The summed E-state index contributed by atoms with van der Waals surface area (Å²) in [5, 5.41) is 2.14. The van der Waals surface area contributed by atoms with Crippen LogP contribution in [0.2, 0.25) is 0 Å². The SMILES string of the molecule is C1=C\CCCCCCCCSSSSSSS/C=C/C=C/1. The van der Waals surface area contributed by atoms with Crippen molar-refractivity contribution in [3.05, 3.63) is 35.8 Å². The third-order valence-corrected chi connectivity index (χ3v) is 15.4. The Labute approximate surface area is 156 Å². The molecule has 0 fully saturated rings. The highest BCUT2D eigenvalue weighted by Gasteiger charge is 1.96. The summed E-state index contributed by atoms with van der Waals surface area (Å²) in [5.41, 5.74) is 0. The summed E-state index contributed by atoms with van der Waals surface area (Å²) in [5.74, 6) is 1.29. The maximum atomic E-state index is 2.28. The van der Waals surface area contributed by atoms with Gasteiger partial charge in [-0.05, 0) is 73.8 Å². The van der Waals surface area contributed by atoms with Crippen LogP contribution in [0.1, 0.15) is 44.9 Å². The Balaban J connectivity index is 2.17. The third kappa shape index (κ3) is 16.3. The zero-order chi connectivity index (χ0) is 14.8. The Bertz CT molecular complexity index is 274. The summed E-state index contributed by atoms with van der Waals surface area (Å²) < 4.78 is 0. The van der Waals surface area contributed by atoms with Crippen molar-refractivity contribution in [2.75, 3.05) is 5.75 Å². The molecule has 1 heterocycles. The van der Waals surface area contributed by atoms with Crippen LogP contribution in [0.25, 0.3) is 0 Å². The van der Waals surface area contributed by atoms with Crippen molar-refractivity contribution in [2.24, 2.45) is 0 Å². The highest BCUT2D eigenvalue weighted by molar-refractivity contribution is 9.46. The lowest BCUT2D eigenvalue weighted by Crippen LogP contribution is -1.81. The van der Waals surface area contributed by atoms with Crippen LogP contribution in [0.4, 0.5) is 0 Å². The molecule has 0 aromatic heterocycles. The van der Waals surface area contributed by atoms with Crippen LogP contribution < -0.4 is 0 Å². The zero-order valence-corrected chi connectivity index (χ0v) is 17.7. The van der Waals surface area contributed by atoms with E-state index in [0.29, 0.717) is 0 Å². The lowest BCUT2D eigenvalue weighted by Gasteiger charge is -2.01. The molecule has 0 aromatic carbocycles. The van der Waals surface area contributed by atoms with Crippen molar-refractivity contribution in [1.82, 2.24) is 0 Å². The van der Waals surface area contributed by atoms with Crippen molar-refractivity contribution >= 4 is 70.7 Å². The van der Waals surface area contributed by atoms with Crippen LogP contribution in [0, 0.1) is 0 Å². The van der Waals surface area contributed by atoms with Gasteiger partial charge in [0.15, 0.2) is 0 Å². The molecule has 1 aliphatic heterocycles. The van der Waals surface area contributed by atoms with Gasteiger partial charge in [0.25, 0.3) is 0 Å². The van der Waals surface area contributed by atoms with Crippen LogP contribution in [0.15, 0.2) is 35.8 Å². The van der Waals surface area contributed by atoms with Gasteiger partial charge in [-0.3, -0.25) is 0 Å². The lowest BCUT2D eigenvalue weighted by molar-refractivity contribution is 0.613. The van der Waals surface area contributed by atoms with Crippen LogP contribution in [0.3, 0.4) is 0 Å². The predicted molar refractivity (Wildman–Crippen MR) is 118 cm³/mol. The van der Waals surface area contributed by atoms with E-state index in [4.69, 9.17) is 0 Å². The summed E-state index contributed by atoms with van der Waals surface area (Å²) >= 11 is 0. The quantitative estimate of drug-likeness (QED) is 0.358. The molecule has 0 radical (unpaired) electrons. The van der Waals surface area contributed by atoms with E-state index in [-0.39, 0.29) is 0 Å². The Morgan fingerprint density at radius 1 is 0.571 bits per heavy atom. The molecule has 1 rings (SSSR count). The molecule has 120 valence electrons. The fourth-order valence-corrected chi connectivity index (χ4v) is 15.2. The van der Waals surface area contributed by atoms with Crippen molar-refractivity contribution in [2.45, 2.75) is 44.9 Å². The summed E-state index contributed by atoms with van der Waals surface area (Å²) in [6.45, 7) is 0. The number of hydrogen-bond acceptors (Lipinski definition) is 7. The molecule has 0 saturated heterocycles. The Kier molecular flexibility index (Phi) is 17.8. The van der Waals surface area contributed by atoms with Gasteiger partial charge in [-0.15, -0.1) is 0 Å². The monoisotopic (exact) mass is 414 g/mol. The van der Waals surface area contributed by atoms with Crippen LogP contribution in [-0.2, 0) is 0 Å². The first kappa shape index (κ1) is 20.7. The van der Waals surface area contributed by atoms with Crippen LogP contribution >= 0.6 is 70.7 Å². The zero-order valence-electron chi connectivity index (χ0n) is 12.0. The Hall–Kier alpha value is 1.67. The van der Waals surface area contributed by atoms with E-state index in [2.05, 4.69) is 35.8 Å². The molecule has 0 aliphatic carbocycles. The minimum Gasteiger partial charge on any atom is -0.0845 e. The number of hydrogen-bond donors (Lipinski definition) is 0. The van der Waals surface area contributed by atoms with Crippen molar-refractivity contribution in [1.29, 1.82) is 0 Å². The van der Waals surface area contributed by atoms with E-state index < -0.39 is 0 Å². The molecule has 0 aromatic rings. The fourth-order valence-electron chi connectivity index (χ4n) is 1.64. The van der Waals surface area contributed by atoms with Gasteiger partial charge < -0.3 is 0 Å². The van der Waals surface area contributed by atoms with Gasteiger partial charge in [-0.25, -0.2) is 0 Å². The van der Waals surface area contributed by atoms with Crippen molar-refractivity contribution in [3.63, 3.8) is 0 Å². The van der Waals surface area contributed by atoms with Gasteiger partial charge in [-0.2, -0.15) is 0 Å². The highest BCUT2D eigenvalue weighted by Crippen LogP contribution is 2.55. The Morgan fingerprint density at radius 3 is 2.24 bits per heavy atom. The predicted octanol–water partition coefficient (Wildman–Crippen LogP) is 8.98. The molecule has 0 saturated carbocycles. The molecule has 21 heavy (non-hydrogen) atoms. The normalized spacial score (nSPS) is 26.3. The number of rotatable bonds is 0. The molecule has 0 N–H and O–H groups in total. The summed E-state index contributed by atoms with van der Waals surface area (Å²) in [6.07, 6.45) is 20.3. The maximum absolute atomic E-state index is 2.28. The van der Waals surface area contributed by atoms with Crippen molar-refractivity contribution in [3.8, 4) is 0 Å². The first-order valence-corrected chi connectivity index (χ1v) is 16.1. The molecular weight excluding hydrogens is 393 g/mol. The minimum absolute atomic E-state index is 1.22.